The van der Waals surface area contributed by atoms with Crippen LogP contribution >= 0.6 is 0 Å². The Morgan fingerprint density at radius 3 is 2.50 bits per heavy atom. The van der Waals surface area contributed by atoms with Gasteiger partial charge in [0.15, 0.2) is 0 Å². The van der Waals surface area contributed by atoms with Gasteiger partial charge in [0, 0.05) is 25.2 Å². The van der Waals surface area contributed by atoms with Crippen LogP contribution in [0.1, 0.15) is 18.4 Å². The number of benzene rings is 1. The van der Waals surface area contributed by atoms with Crippen LogP contribution in [0.2, 0.25) is 0 Å². The second kappa shape index (κ2) is 8.34. The summed E-state index contributed by atoms with van der Waals surface area (Å²) in [6.45, 7) is 2.02. The van der Waals surface area contributed by atoms with Gasteiger partial charge in [0.25, 0.3) is 0 Å². The highest BCUT2D eigenvalue weighted by atomic mass is 16.5. The normalized spacial score (nSPS) is 16.7. The Labute approximate surface area is 130 Å². The number of hydrogen-bond donors (Lipinski definition) is 1. The van der Waals surface area contributed by atoms with Crippen LogP contribution in [0.25, 0.3) is 0 Å². The first kappa shape index (κ1) is 16.2. The number of aliphatic carboxylic acids is 1. The summed E-state index contributed by atoms with van der Waals surface area (Å²) in [5, 5.41) is 8.42. The summed E-state index contributed by atoms with van der Waals surface area (Å²) in [7, 11) is 0. The molecule has 118 valence electrons. The number of carboxylic acid groups (broad SMARTS) is 1. The highest BCUT2D eigenvalue weighted by Crippen LogP contribution is 2.21. The molecule has 0 amide bonds. The van der Waals surface area contributed by atoms with E-state index >= 15 is 0 Å². The molecule has 0 radical (unpaired) electrons. The van der Waals surface area contributed by atoms with Gasteiger partial charge in [0.1, 0.15) is 6.73 Å². The van der Waals surface area contributed by atoms with Crippen molar-refractivity contribution in [3.05, 3.63) is 48.0 Å². The van der Waals surface area contributed by atoms with E-state index in [1.165, 1.54) is 5.56 Å². The molecule has 1 saturated heterocycles. The quantitative estimate of drug-likeness (QED) is 0.644. The van der Waals surface area contributed by atoms with Crippen molar-refractivity contribution in [3.63, 3.8) is 0 Å². The Kier molecular flexibility index (Phi) is 6.15. The Balaban J connectivity index is 1.67. The van der Waals surface area contributed by atoms with Crippen molar-refractivity contribution in [2.45, 2.75) is 19.3 Å². The summed E-state index contributed by atoms with van der Waals surface area (Å²) in [5.41, 5.74) is 1.37. The molecular formula is C17H21NO4. The first-order valence-electron chi connectivity index (χ1n) is 7.47. The van der Waals surface area contributed by atoms with E-state index in [1.807, 2.05) is 6.07 Å². The Morgan fingerprint density at radius 2 is 1.86 bits per heavy atom. The molecule has 0 spiro atoms. The number of carbonyl (C=O) groups excluding carboxylic acids is 1. The zero-order valence-corrected chi connectivity index (χ0v) is 12.5. The molecule has 1 aliphatic heterocycles. The maximum atomic E-state index is 11.3. The lowest BCUT2D eigenvalue weighted by Gasteiger charge is -2.31. The van der Waals surface area contributed by atoms with Gasteiger partial charge in [-0.3, -0.25) is 4.90 Å². The molecule has 0 aliphatic carbocycles. The van der Waals surface area contributed by atoms with Crippen molar-refractivity contribution in [1.82, 2.24) is 4.90 Å². The monoisotopic (exact) mass is 303 g/mol. The second-order valence-corrected chi connectivity index (χ2v) is 5.52. The van der Waals surface area contributed by atoms with E-state index in [0.29, 0.717) is 5.92 Å². The number of esters is 1. The molecule has 0 bridgehead atoms. The van der Waals surface area contributed by atoms with Gasteiger partial charge in [-0.15, -0.1) is 0 Å². The molecule has 0 atom stereocenters. The zero-order chi connectivity index (χ0) is 15.8. The van der Waals surface area contributed by atoms with Crippen molar-refractivity contribution >= 4 is 11.9 Å². The fraction of sp³-hybridized carbons (Fsp3) is 0.412. The van der Waals surface area contributed by atoms with E-state index in [4.69, 9.17) is 9.84 Å². The summed E-state index contributed by atoms with van der Waals surface area (Å²) in [6.07, 6.45) is 4.98. The molecule has 5 nitrogen and oxygen atoms in total. The first-order valence-corrected chi connectivity index (χ1v) is 7.47. The maximum absolute atomic E-state index is 11.3. The summed E-state index contributed by atoms with van der Waals surface area (Å²) >= 11 is 0. The van der Waals surface area contributed by atoms with Crippen LogP contribution in [-0.2, 0) is 20.7 Å². The Morgan fingerprint density at radius 1 is 1.18 bits per heavy atom. The fourth-order valence-electron chi connectivity index (χ4n) is 2.61. The van der Waals surface area contributed by atoms with E-state index in [2.05, 4.69) is 29.2 Å². The number of hydrogen-bond acceptors (Lipinski definition) is 4. The third-order valence-electron chi connectivity index (χ3n) is 3.83. The highest BCUT2D eigenvalue weighted by molar-refractivity contribution is 5.90. The van der Waals surface area contributed by atoms with Gasteiger partial charge in [-0.2, -0.15) is 0 Å². The maximum Gasteiger partial charge on any atom is 0.332 e. The fourth-order valence-corrected chi connectivity index (χ4v) is 2.61. The molecule has 5 heteroatoms. The Hall–Kier alpha value is -2.14. The van der Waals surface area contributed by atoms with Crippen LogP contribution in [0.4, 0.5) is 0 Å². The smallest absolute Gasteiger partial charge is 0.332 e. The van der Waals surface area contributed by atoms with Gasteiger partial charge >= 0.3 is 11.9 Å². The molecule has 22 heavy (non-hydrogen) atoms. The van der Waals surface area contributed by atoms with Gasteiger partial charge in [-0.05, 0) is 30.7 Å². The molecule has 1 N–H and O–H groups in total. The SMILES string of the molecule is O=C(O)/C=C\C(=O)OCN1CCC(Cc2ccccc2)CC1. The number of carboxylic acids is 1. The third-order valence-corrected chi connectivity index (χ3v) is 3.83. The molecule has 0 saturated carbocycles. The van der Waals surface area contributed by atoms with Crippen LogP contribution in [0.3, 0.4) is 0 Å². The van der Waals surface area contributed by atoms with E-state index in [-0.39, 0.29) is 6.73 Å². The zero-order valence-electron chi connectivity index (χ0n) is 12.5. The number of rotatable bonds is 6. The van der Waals surface area contributed by atoms with E-state index < -0.39 is 11.9 Å². The number of carbonyl (C=O) groups is 2. The van der Waals surface area contributed by atoms with Crippen molar-refractivity contribution in [1.29, 1.82) is 0 Å². The number of likely N-dealkylation sites (tertiary alicyclic amines) is 1. The molecule has 1 fully saturated rings. The second-order valence-electron chi connectivity index (χ2n) is 5.52. The Bertz CT molecular complexity index is 519. The lowest BCUT2D eigenvalue weighted by molar-refractivity contribution is -0.143. The average molecular weight is 303 g/mol. The minimum absolute atomic E-state index is 0.223. The minimum atomic E-state index is -1.15. The van der Waals surface area contributed by atoms with Crippen molar-refractivity contribution < 1.29 is 19.4 Å². The van der Waals surface area contributed by atoms with E-state index in [9.17, 15) is 9.59 Å². The molecule has 0 unspecified atom stereocenters. The molecule has 2 rings (SSSR count). The highest BCUT2D eigenvalue weighted by Gasteiger charge is 2.19. The molecule has 1 aromatic rings. The lowest BCUT2D eigenvalue weighted by Crippen LogP contribution is -2.36. The summed E-state index contributed by atoms with van der Waals surface area (Å²) in [4.78, 5) is 23.7. The van der Waals surface area contributed by atoms with Crippen molar-refractivity contribution in [3.8, 4) is 0 Å². The average Bonchev–Trinajstić information content (AvgIpc) is 2.53. The van der Waals surface area contributed by atoms with E-state index in [1.54, 1.807) is 0 Å². The summed E-state index contributed by atoms with van der Waals surface area (Å²) in [6, 6.07) is 10.5. The summed E-state index contributed by atoms with van der Waals surface area (Å²) in [5.74, 6) is -1.10. The van der Waals surface area contributed by atoms with Gasteiger partial charge in [0.05, 0.1) is 0 Å². The molecule has 0 aromatic heterocycles. The molecule has 1 aromatic carbocycles. The predicted molar refractivity (Wildman–Crippen MR) is 82.2 cm³/mol. The number of ether oxygens (including phenoxy) is 1. The van der Waals surface area contributed by atoms with Gasteiger partial charge in [-0.1, -0.05) is 30.3 Å². The van der Waals surface area contributed by atoms with Crippen LogP contribution < -0.4 is 0 Å². The van der Waals surface area contributed by atoms with Gasteiger partial charge in [-0.25, -0.2) is 9.59 Å². The van der Waals surface area contributed by atoms with Crippen molar-refractivity contribution in [2.75, 3.05) is 19.8 Å². The largest absolute Gasteiger partial charge is 0.478 e. The van der Waals surface area contributed by atoms with Crippen LogP contribution in [-0.4, -0.2) is 41.8 Å². The van der Waals surface area contributed by atoms with Gasteiger partial charge in [0.2, 0.25) is 0 Å². The van der Waals surface area contributed by atoms with E-state index in [0.717, 1.165) is 44.5 Å². The predicted octanol–water partition coefficient (Wildman–Crippen LogP) is 2.08. The van der Waals surface area contributed by atoms with Crippen LogP contribution in [0.15, 0.2) is 42.5 Å². The third kappa shape index (κ3) is 5.69. The van der Waals surface area contributed by atoms with Crippen LogP contribution in [0.5, 0.6) is 0 Å². The molecular weight excluding hydrogens is 282 g/mol. The molecule has 1 heterocycles. The molecule has 1 aliphatic rings. The number of piperidine rings is 1. The lowest BCUT2D eigenvalue weighted by atomic mass is 9.90. The topological polar surface area (TPSA) is 66.8 Å². The number of nitrogens with zero attached hydrogens (tertiary/aromatic N) is 1. The standard InChI is InChI=1S/C17H21NO4/c19-16(20)6-7-17(21)22-13-18-10-8-15(9-11-18)12-14-4-2-1-3-5-14/h1-7,15H,8-13H2,(H,19,20)/b7-6-. The minimum Gasteiger partial charge on any atom is -0.478 e. The first-order chi connectivity index (χ1) is 10.6. The van der Waals surface area contributed by atoms with Gasteiger partial charge < -0.3 is 9.84 Å². The van der Waals surface area contributed by atoms with Crippen LogP contribution in [0, 0.1) is 5.92 Å². The summed E-state index contributed by atoms with van der Waals surface area (Å²) < 4.78 is 5.02. The van der Waals surface area contributed by atoms with Crippen molar-refractivity contribution in [2.24, 2.45) is 5.92 Å².